The Morgan fingerprint density at radius 2 is 2.00 bits per heavy atom. The van der Waals surface area contributed by atoms with E-state index >= 15 is 0 Å². The second-order valence-electron chi connectivity index (χ2n) is 5.73. The van der Waals surface area contributed by atoms with Gasteiger partial charge in [0.05, 0.1) is 10.6 Å². The fraction of sp³-hybridized carbons (Fsp3) is 0.562. The Hall–Kier alpha value is -1.06. The highest BCUT2D eigenvalue weighted by Gasteiger charge is 2.29. The first-order valence-electron chi connectivity index (χ1n) is 7.18. The molecule has 20 heavy (non-hydrogen) atoms. The normalized spacial score (nSPS) is 22.8. The molecule has 1 saturated carbocycles. The van der Waals surface area contributed by atoms with Crippen molar-refractivity contribution in [1.82, 2.24) is 4.90 Å². The summed E-state index contributed by atoms with van der Waals surface area (Å²) in [5.41, 5.74) is 0.461. The molecule has 3 nitrogen and oxygen atoms in total. The van der Waals surface area contributed by atoms with Crippen LogP contribution in [0.15, 0.2) is 24.3 Å². The van der Waals surface area contributed by atoms with Crippen molar-refractivity contribution in [1.29, 1.82) is 0 Å². The van der Waals surface area contributed by atoms with E-state index in [0.29, 0.717) is 16.5 Å². The highest BCUT2D eigenvalue weighted by atomic mass is 35.5. The van der Waals surface area contributed by atoms with E-state index < -0.39 is 0 Å². The summed E-state index contributed by atoms with van der Waals surface area (Å²) < 4.78 is 5.72. The maximum atomic E-state index is 12.2. The smallest absolute Gasteiger partial charge is 0.339 e. The van der Waals surface area contributed by atoms with Gasteiger partial charge in [0.15, 0.2) is 0 Å². The summed E-state index contributed by atoms with van der Waals surface area (Å²) in [5, 5.41) is 0.456. The molecule has 4 heteroatoms. The molecule has 1 fully saturated rings. The zero-order chi connectivity index (χ0) is 14.5. The number of rotatable bonds is 4. The Balaban J connectivity index is 2.03. The van der Waals surface area contributed by atoms with E-state index in [1.165, 1.54) is 6.42 Å². The first-order chi connectivity index (χ1) is 9.58. The van der Waals surface area contributed by atoms with E-state index in [-0.39, 0.29) is 12.1 Å². The zero-order valence-corrected chi connectivity index (χ0v) is 12.9. The Morgan fingerprint density at radius 1 is 1.30 bits per heavy atom. The van der Waals surface area contributed by atoms with Gasteiger partial charge in [0.2, 0.25) is 0 Å². The van der Waals surface area contributed by atoms with Crippen LogP contribution in [-0.4, -0.2) is 37.6 Å². The van der Waals surface area contributed by atoms with Crippen LogP contribution in [0.2, 0.25) is 5.02 Å². The van der Waals surface area contributed by atoms with Crippen molar-refractivity contribution in [2.24, 2.45) is 5.92 Å². The molecule has 1 aliphatic rings. The predicted molar refractivity (Wildman–Crippen MR) is 81.2 cm³/mol. The van der Waals surface area contributed by atoms with Gasteiger partial charge in [0.1, 0.15) is 6.10 Å². The van der Waals surface area contributed by atoms with Crippen LogP contribution < -0.4 is 0 Å². The molecular formula is C16H22ClNO2. The minimum Gasteiger partial charge on any atom is -0.458 e. The third-order valence-corrected chi connectivity index (χ3v) is 4.12. The van der Waals surface area contributed by atoms with Crippen LogP contribution in [-0.2, 0) is 4.74 Å². The van der Waals surface area contributed by atoms with Gasteiger partial charge in [0.25, 0.3) is 0 Å². The Bertz CT molecular complexity index is 462. The van der Waals surface area contributed by atoms with Crippen molar-refractivity contribution in [2.75, 3.05) is 20.6 Å². The molecule has 0 N–H and O–H groups in total. The molecule has 110 valence electrons. The summed E-state index contributed by atoms with van der Waals surface area (Å²) in [6.45, 7) is 0.959. The summed E-state index contributed by atoms with van der Waals surface area (Å²) in [6, 6.07) is 7.06. The summed E-state index contributed by atoms with van der Waals surface area (Å²) >= 11 is 6.05. The van der Waals surface area contributed by atoms with Crippen molar-refractivity contribution in [3.05, 3.63) is 34.9 Å². The molecule has 0 saturated heterocycles. The quantitative estimate of drug-likeness (QED) is 0.795. The SMILES string of the molecule is CN(C)C[C@H]1CCCC[C@@H]1OC(=O)c1ccccc1Cl. The lowest BCUT2D eigenvalue weighted by atomic mass is 9.86. The zero-order valence-electron chi connectivity index (χ0n) is 12.1. The number of hydrogen-bond donors (Lipinski definition) is 0. The molecule has 0 amide bonds. The van der Waals surface area contributed by atoms with Crippen molar-refractivity contribution < 1.29 is 9.53 Å². The van der Waals surface area contributed by atoms with Crippen LogP contribution in [0, 0.1) is 5.92 Å². The molecule has 0 spiro atoms. The lowest BCUT2D eigenvalue weighted by Crippen LogP contribution is -2.36. The lowest BCUT2D eigenvalue weighted by Gasteiger charge is -2.33. The molecule has 1 aliphatic carbocycles. The Morgan fingerprint density at radius 3 is 2.70 bits per heavy atom. The van der Waals surface area contributed by atoms with Crippen LogP contribution in [0.5, 0.6) is 0 Å². The number of esters is 1. The summed E-state index contributed by atoms with van der Waals surface area (Å²) in [7, 11) is 4.11. The van der Waals surface area contributed by atoms with Gasteiger partial charge in [-0.25, -0.2) is 4.79 Å². The number of benzene rings is 1. The summed E-state index contributed by atoms with van der Waals surface area (Å²) in [6.07, 6.45) is 4.44. The molecule has 1 aromatic carbocycles. The summed E-state index contributed by atoms with van der Waals surface area (Å²) in [5.74, 6) is 0.122. The van der Waals surface area contributed by atoms with Crippen LogP contribution in [0.1, 0.15) is 36.0 Å². The monoisotopic (exact) mass is 295 g/mol. The number of hydrogen-bond acceptors (Lipinski definition) is 3. The van der Waals surface area contributed by atoms with Crippen molar-refractivity contribution >= 4 is 17.6 Å². The number of ether oxygens (including phenoxy) is 1. The number of carbonyl (C=O) groups is 1. The topological polar surface area (TPSA) is 29.5 Å². The van der Waals surface area contributed by atoms with Gasteiger partial charge in [-0.1, -0.05) is 30.2 Å². The second-order valence-corrected chi connectivity index (χ2v) is 6.14. The van der Waals surface area contributed by atoms with Crippen LogP contribution >= 0.6 is 11.6 Å². The van der Waals surface area contributed by atoms with Gasteiger partial charge in [-0.2, -0.15) is 0 Å². The first kappa shape index (κ1) is 15.3. The maximum Gasteiger partial charge on any atom is 0.339 e. The van der Waals surface area contributed by atoms with E-state index in [9.17, 15) is 4.79 Å². The number of halogens is 1. The van der Waals surface area contributed by atoms with E-state index in [1.807, 2.05) is 6.07 Å². The van der Waals surface area contributed by atoms with Crippen LogP contribution in [0.3, 0.4) is 0 Å². The molecular weight excluding hydrogens is 274 g/mol. The van der Waals surface area contributed by atoms with E-state index in [1.54, 1.807) is 18.2 Å². The fourth-order valence-electron chi connectivity index (χ4n) is 2.83. The van der Waals surface area contributed by atoms with Gasteiger partial charge in [-0.05, 0) is 45.5 Å². The van der Waals surface area contributed by atoms with Crippen molar-refractivity contribution in [3.63, 3.8) is 0 Å². The van der Waals surface area contributed by atoms with E-state index in [0.717, 1.165) is 25.8 Å². The molecule has 0 aromatic heterocycles. The molecule has 0 radical (unpaired) electrons. The molecule has 2 atom stereocenters. The highest BCUT2D eigenvalue weighted by molar-refractivity contribution is 6.33. The van der Waals surface area contributed by atoms with Crippen molar-refractivity contribution in [3.8, 4) is 0 Å². The van der Waals surface area contributed by atoms with Gasteiger partial charge < -0.3 is 9.64 Å². The first-order valence-corrected chi connectivity index (χ1v) is 7.56. The second kappa shape index (κ2) is 7.09. The van der Waals surface area contributed by atoms with Crippen LogP contribution in [0.4, 0.5) is 0 Å². The largest absolute Gasteiger partial charge is 0.458 e. The average molecular weight is 296 g/mol. The van der Waals surface area contributed by atoms with E-state index in [2.05, 4.69) is 19.0 Å². The molecule has 0 bridgehead atoms. The number of nitrogens with zero attached hydrogens (tertiary/aromatic N) is 1. The maximum absolute atomic E-state index is 12.2. The minimum absolute atomic E-state index is 0.00919. The molecule has 0 heterocycles. The highest BCUT2D eigenvalue weighted by Crippen LogP contribution is 2.28. The average Bonchev–Trinajstić information content (AvgIpc) is 2.41. The standard InChI is InChI=1S/C16H22ClNO2/c1-18(2)11-12-7-3-6-10-15(12)20-16(19)13-8-4-5-9-14(13)17/h4-5,8-9,12,15H,3,6-7,10-11H2,1-2H3/t12-,15+/m1/s1. The molecule has 0 aliphatic heterocycles. The number of carbonyl (C=O) groups excluding carboxylic acids is 1. The summed E-state index contributed by atoms with van der Waals surface area (Å²) in [4.78, 5) is 14.4. The van der Waals surface area contributed by atoms with E-state index in [4.69, 9.17) is 16.3 Å². The third kappa shape index (κ3) is 3.97. The predicted octanol–water partition coefficient (Wildman–Crippen LogP) is 3.62. The fourth-order valence-corrected chi connectivity index (χ4v) is 3.05. The molecule has 2 rings (SSSR count). The Kier molecular flexibility index (Phi) is 5.44. The van der Waals surface area contributed by atoms with Crippen LogP contribution in [0.25, 0.3) is 0 Å². The van der Waals surface area contributed by atoms with Crippen molar-refractivity contribution in [2.45, 2.75) is 31.8 Å². The minimum atomic E-state index is -0.300. The Labute approximate surface area is 125 Å². The lowest BCUT2D eigenvalue weighted by molar-refractivity contribution is -0.00322. The molecule has 1 aromatic rings. The van der Waals surface area contributed by atoms with Gasteiger partial charge in [-0.15, -0.1) is 0 Å². The molecule has 0 unspecified atom stereocenters. The van der Waals surface area contributed by atoms with Gasteiger partial charge >= 0.3 is 5.97 Å². The van der Waals surface area contributed by atoms with Gasteiger partial charge in [0, 0.05) is 12.5 Å². The third-order valence-electron chi connectivity index (χ3n) is 3.79. The van der Waals surface area contributed by atoms with Gasteiger partial charge in [-0.3, -0.25) is 0 Å².